The van der Waals surface area contributed by atoms with E-state index in [1.165, 1.54) is 0 Å². The van der Waals surface area contributed by atoms with Gasteiger partial charge in [-0.25, -0.2) is 0 Å². The Labute approximate surface area is 106 Å². The highest BCUT2D eigenvalue weighted by Gasteiger charge is 1.99. The Kier molecular flexibility index (Phi) is 3.81. The molecule has 0 aliphatic carbocycles. The van der Waals surface area contributed by atoms with Crippen LogP contribution >= 0.6 is 0 Å². The lowest BCUT2D eigenvalue weighted by Crippen LogP contribution is -1.94. The predicted molar refractivity (Wildman–Crippen MR) is 72.3 cm³/mol. The summed E-state index contributed by atoms with van der Waals surface area (Å²) in [7, 11) is 1.60. The number of nitrogens with zero attached hydrogens (tertiary/aromatic N) is 1. The summed E-state index contributed by atoms with van der Waals surface area (Å²) in [5.74, 6) is 0.912. The molecule has 4 nitrogen and oxygen atoms in total. The molecule has 0 fully saturated rings. The molecule has 0 bridgehead atoms. The van der Waals surface area contributed by atoms with Crippen molar-refractivity contribution >= 4 is 11.9 Å². The number of nitrogens with one attached hydrogen (secondary N) is 1. The Morgan fingerprint density at radius 1 is 1.11 bits per heavy atom. The Balaban J connectivity index is 2.10. The van der Waals surface area contributed by atoms with E-state index < -0.39 is 0 Å². The molecule has 0 saturated heterocycles. The van der Waals surface area contributed by atoms with Crippen molar-refractivity contribution in [2.24, 2.45) is 5.10 Å². The van der Waals surface area contributed by atoms with Gasteiger partial charge in [0.25, 0.3) is 0 Å². The molecule has 0 radical (unpaired) electrons. The lowest BCUT2D eigenvalue weighted by molar-refractivity contribution is 0.416. The first-order valence-electron chi connectivity index (χ1n) is 5.51. The maximum Gasteiger partial charge on any atom is 0.143 e. The smallest absolute Gasteiger partial charge is 0.143 e. The van der Waals surface area contributed by atoms with Crippen LogP contribution in [0.2, 0.25) is 0 Å². The standard InChI is InChI=1S/C14H14N2O2/c1-18-14-9-5-3-7-12(14)16-15-10-11-6-2-4-8-13(11)17/h2-10,16-17H,1H3. The molecule has 2 aromatic rings. The summed E-state index contributed by atoms with van der Waals surface area (Å²) in [5.41, 5.74) is 4.30. The topological polar surface area (TPSA) is 53.8 Å². The van der Waals surface area contributed by atoms with Gasteiger partial charge >= 0.3 is 0 Å². The highest BCUT2D eigenvalue weighted by Crippen LogP contribution is 2.22. The van der Waals surface area contributed by atoms with Crippen molar-refractivity contribution in [1.29, 1.82) is 0 Å². The highest BCUT2D eigenvalue weighted by atomic mass is 16.5. The number of phenols is 1. The SMILES string of the molecule is COc1ccccc1NN=Cc1ccccc1O. The molecule has 0 spiro atoms. The monoisotopic (exact) mass is 242 g/mol. The molecule has 4 heteroatoms. The van der Waals surface area contributed by atoms with Gasteiger partial charge in [-0.05, 0) is 24.3 Å². The summed E-state index contributed by atoms with van der Waals surface area (Å²) in [6.45, 7) is 0. The van der Waals surface area contributed by atoms with Gasteiger partial charge in [0.2, 0.25) is 0 Å². The number of para-hydroxylation sites is 3. The van der Waals surface area contributed by atoms with Gasteiger partial charge in [0, 0.05) is 5.56 Å². The van der Waals surface area contributed by atoms with E-state index in [-0.39, 0.29) is 5.75 Å². The van der Waals surface area contributed by atoms with Crippen molar-refractivity contribution in [3.8, 4) is 11.5 Å². The largest absolute Gasteiger partial charge is 0.507 e. The zero-order valence-electron chi connectivity index (χ0n) is 10.00. The third kappa shape index (κ3) is 2.79. The number of methoxy groups -OCH3 is 1. The van der Waals surface area contributed by atoms with E-state index in [9.17, 15) is 5.11 Å². The lowest BCUT2D eigenvalue weighted by Gasteiger charge is -2.06. The van der Waals surface area contributed by atoms with Gasteiger partial charge in [0.05, 0.1) is 19.0 Å². The van der Waals surface area contributed by atoms with Gasteiger partial charge in [0.15, 0.2) is 0 Å². The first kappa shape index (κ1) is 12.0. The van der Waals surface area contributed by atoms with E-state index >= 15 is 0 Å². The number of phenolic OH excluding ortho intramolecular Hbond substituents is 1. The maximum atomic E-state index is 9.56. The Morgan fingerprint density at radius 2 is 1.83 bits per heavy atom. The van der Waals surface area contributed by atoms with Crippen LogP contribution in [0.5, 0.6) is 11.5 Å². The van der Waals surface area contributed by atoms with Gasteiger partial charge in [-0.2, -0.15) is 5.10 Å². The number of anilines is 1. The number of hydrogen-bond donors (Lipinski definition) is 2. The third-order valence-electron chi connectivity index (χ3n) is 2.43. The highest BCUT2D eigenvalue weighted by molar-refractivity contribution is 5.83. The molecule has 0 heterocycles. The number of benzene rings is 2. The minimum atomic E-state index is 0.197. The Morgan fingerprint density at radius 3 is 2.61 bits per heavy atom. The van der Waals surface area contributed by atoms with Gasteiger partial charge in [-0.1, -0.05) is 24.3 Å². The third-order valence-corrected chi connectivity index (χ3v) is 2.43. The zero-order chi connectivity index (χ0) is 12.8. The maximum absolute atomic E-state index is 9.56. The fourth-order valence-electron chi connectivity index (χ4n) is 1.51. The van der Waals surface area contributed by atoms with Crippen molar-refractivity contribution < 1.29 is 9.84 Å². The molecule has 0 amide bonds. The quantitative estimate of drug-likeness (QED) is 0.640. The lowest BCUT2D eigenvalue weighted by atomic mass is 10.2. The minimum Gasteiger partial charge on any atom is -0.507 e. The van der Waals surface area contributed by atoms with E-state index in [4.69, 9.17) is 4.74 Å². The fraction of sp³-hybridized carbons (Fsp3) is 0.0714. The first-order chi connectivity index (χ1) is 8.81. The summed E-state index contributed by atoms with van der Waals surface area (Å²) in [4.78, 5) is 0. The molecule has 92 valence electrons. The molecule has 2 N–H and O–H groups in total. The van der Waals surface area contributed by atoms with Crippen LogP contribution in [-0.4, -0.2) is 18.4 Å². The normalized spacial score (nSPS) is 10.5. The first-order valence-corrected chi connectivity index (χ1v) is 5.51. The second-order valence-corrected chi connectivity index (χ2v) is 3.63. The number of hydrazone groups is 1. The number of aromatic hydroxyl groups is 1. The molecular formula is C14H14N2O2. The Hall–Kier alpha value is -2.49. The van der Waals surface area contributed by atoms with Crippen molar-refractivity contribution in [3.63, 3.8) is 0 Å². The minimum absolute atomic E-state index is 0.197. The number of ether oxygens (including phenoxy) is 1. The van der Waals surface area contributed by atoms with E-state index in [1.807, 2.05) is 30.3 Å². The molecule has 0 saturated carbocycles. The van der Waals surface area contributed by atoms with Crippen LogP contribution in [-0.2, 0) is 0 Å². The average molecular weight is 242 g/mol. The van der Waals surface area contributed by atoms with Crippen LogP contribution in [0.25, 0.3) is 0 Å². The van der Waals surface area contributed by atoms with E-state index in [1.54, 1.807) is 31.5 Å². The molecule has 0 aliphatic heterocycles. The van der Waals surface area contributed by atoms with E-state index in [0.29, 0.717) is 11.3 Å². The molecule has 0 atom stereocenters. The second-order valence-electron chi connectivity index (χ2n) is 3.63. The van der Waals surface area contributed by atoms with Crippen LogP contribution in [0.3, 0.4) is 0 Å². The number of hydrogen-bond acceptors (Lipinski definition) is 4. The van der Waals surface area contributed by atoms with Crippen LogP contribution in [0.4, 0.5) is 5.69 Å². The molecule has 2 aromatic carbocycles. The molecule has 2 rings (SSSR count). The van der Waals surface area contributed by atoms with Gasteiger partial charge in [-0.15, -0.1) is 0 Å². The van der Waals surface area contributed by atoms with E-state index in [2.05, 4.69) is 10.5 Å². The summed E-state index contributed by atoms with van der Waals surface area (Å²) >= 11 is 0. The summed E-state index contributed by atoms with van der Waals surface area (Å²) in [5, 5.41) is 13.6. The molecular weight excluding hydrogens is 228 g/mol. The molecule has 0 aliphatic rings. The van der Waals surface area contributed by atoms with Gasteiger partial charge < -0.3 is 9.84 Å². The zero-order valence-corrected chi connectivity index (χ0v) is 10.00. The summed E-state index contributed by atoms with van der Waals surface area (Å²) in [6.07, 6.45) is 1.56. The molecule has 0 aromatic heterocycles. The van der Waals surface area contributed by atoms with Crippen LogP contribution < -0.4 is 10.2 Å². The van der Waals surface area contributed by atoms with Crippen LogP contribution in [0.1, 0.15) is 5.56 Å². The van der Waals surface area contributed by atoms with Crippen LogP contribution in [0.15, 0.2) is 53.6 Å². The van der Waals surface area contributed by atoms with Crippen molar-refractivity contribution in [2.45, 2.75) is 0 Å². The van der Waals surface area contributed by atoms with Crippen LogP contribution in [0, 0.1) is 0 Å². The van der Waals surface area contributed by atoms with Crippen molar-refractivity contribution in [3.05, 3.63) is 54.1 Å². The van der Waals surface area contributed by atoms with E-state index in [0.717, 1.165) is 5.69 Å². The molecule has 18 heavy (non-hydrogen) atoms. The summed E-state index contributed by atoms with van der Waals surface area (Å²) in [6, 6.07) is 14.5. The Bertz CT molecular complexity index is 553. The fourth-order valence-corrected chi connectivity index (χ4v) is 1.51. The predicted octanol–water partition coefficient (Wildman–Crippen LogP) is 2.85. The second kappa shape index (κ2) is 5.72. The van der Waals surface area contributed by atoms with Crippen molar-refractivity contribution in [2.75, 3.05) is 12.5 Å². The van der Waals surface area contributed by atoms with Crippen molar-refractivity contribution in [1.82, 2.24) is 0 Å². The van der Waals surface area contributed by atoms with Gasteiger partial charge in [0.1, 0.15) is 11.5 Å². The number of rotatable bonds is 4. The summed E-state index contributed by atoms with van der Waals surface area (Å²) < 4.78 is 5.19. The van der Waals surface area contributed by atoms with Gasteiger partial charge in [-0.3, -0.25) is 5.43 Å². The average Bonchev–Trinajstić information content (AvgIpc) is 2.41. The molecule has 0 unspecified atom stereocenters.